The molecular formula is C24H34O6Si. The van der Waals surface area contributed by atoms with Crippen LogP contribution in [0.1, 0.15) is 27.7 Å². The molecule has 0 unspecified atom stereocenters. The highest BCUT2D eigenvalue weighted by atomic mass is 28.4. The van der Waals surface area contributed by atoms with Gasteiger partial charge in [0.2, 0.25) is 0 Å². The number of cyclic esters (lactones) is 1. The van der Waals surface area contributed by atoms with Crippen LogP contribution >= 0.6 is 0 Å². The van der Waals surface area contributed by atoms with Crippen molar-refractivity contribution in [3.8, 4) is 12.3 Å². The first-order valence-electron chi connectivity index (χ1n) is 10.6. The van der Waals surface area contributed by atoms with Crippen molar-refractivity contribution in [3.63, 3.8) is 0 Å². The molecule has 0 radical (unpaired) electrons. The lowest BCUT2D eigenvalue weighted by atomic mass is 9.62. The van der Waals surface area contributed by atoms with Crippen LogP contribution in [0.2, 0.25) is 18.1 Å². The zero-order valence-corrected chi connectivity index (χ0v) is 20.7. The lowest BCUT2D eigenvalue weighted by Crippen LogP contribution is -2.48. The van der Waals surface area contributed by atoms with Gasteiger partial charge in [0.05, 0.1) is 31.8 Å². The van der Waals surface area contributed by atoms with Crippen LogP contribution in [0.15, 0.2) is 34.8 Å². The summed E-state index contributed by atoms with van der Waals surface area (Å²) in [5.41, 5.74) is 1.33. The molecule has 0 N–H and O–H groups in total. The summed E-state index contributed by atoms with van der Waals surface area (Å²) in [6.45, 7) is 14.3. The fourth-order valence-corrected chi connectivity index (χ4v) is 5.33. The fourth-order valence-electron chi connectivity index (χ4n) is 4.32. The number of carbonyl (C=O) groups excluding carboxylic acids is 1. The van der Waals surface area contributed by atoms with E-state index in [0.29, 0.717) is 24.7 Å². The molecule has 31 heavy (non-hydrogen) atoms. The molecule has 0 aromatic heterocycles. The fraction of sp³-hybridized carbons (Fsp3) is 0.625. The van der Waals surface area contributed by atoms with E-state index in [1.54, 1.807) is 7.11 Å². The summed E-state index contributed by atoms with van der Waals surface area (Å²) < 4.78 is 30.0. The van der Waals surface area contributed by atoms with Crippen LogP contribution in [-0.4, -0.2) is 53.9 Å². The maximum absolute atomic E-state index is 11.8. The first kappa shape index (κ1) is 23.6. The Bertz CT molecular complexity index is 869. The van der Waals surface area contributed by atoms with Crippen molar-refractivity contribution >= 4 is 14.3 Å². The molecular weight excluding hydrogens is 412 g/mol. The first-order chi connectivity index (χ1) is 14.5. The van der Waals surface area contributed by atoms with E-state index in [2.05, 4.69) is 39.8 Å². The summed E-state index contributed by atoms with van der Waals surface area (Å²) in [6, 6.07) is 0. The molecule has 7 heteroatoms. The van der Waals surface area contributed by atoms with Crippen LogP contribution < -0.4 is 0 Å². The Morgan fingerprint density at radius 1 is 1.32 bits per heavy atom. The van der Waals surface area contributed by atoms with Crippen molar-refractivity contribution in [1.29, 1.82) is 0 Å². The standard InChI is InChI=1S/C24H34O6Si/c1-9-12-27-22-17-13-28-18(14-30-31(7,8)23(3,4)5)20(17)24(16(2)21(22)26-6)11-10-19(25)29-15-24/h1,10-11,18,20H,12-15H2,2-8H3/t18-,20+,24+/m0/s1. The topological polar surface area (TPSA) is 63.2 Å². The van der Waals surface area contributed by atoms with E-state index in [1.165, 1.54) is 6.08 Å². The highest BCUT2D eigenvalue weighted by Crippen LogP contribution is 2.55. The van der Waals surface area contributed by atoms with Gasteiger partial charge in [0, 0.05) is 17.6 Å². The van der Waals surface area contributed by atoms with Gasteiger partial charge in [-0.2, -0.15) is 0 Å². The summed E-state index contributed by atoms with van der Waals surface area (Å²) in [5.74, 6) is 3.34. The number of hydrogen-bond acceptors (Lipinski definition) is 6. The average Bonchev–Trinajstić information content (AvgIpc) is 3.13. The summed E-state index contributed by atoms with van der Waals surface area (Å²) in [6.07, 6.45) is 8.67. The van der Waals surface area contributed by atoms with E-state index in [4.69, 9.17) is 29.8 Å². The van der Waals surface area contributed by atoms with Gasteiger partial charge in [0.1, 0.15) is 13.2 Å². The van der Waals surface area contributed by atoms with Gasteiger partial charge in [-0.25, -0.2) is 4.79 Å². The highest BCUT2D eigenvalue weighted by Gasteiger charge is 2.56. The molecule has 2 aliphatic heterocycles. The third kappa shape index (κ3) is 4.09. The van der Waals surface area contributed by atoms with E-state index < -0.39 is 13.7 Å². The van der Waals surface area contributed by atoms with Gasteiger partial charge in [-0.15, -0.1) is 6.42 Å². The number of hydrogen-bond donors (Lipinski definition) is 0. The van der Waals surface area contributed by atoms with Gasteiger partial charge < -0.3 is 23.4 Å². The molecule has 3 aliphatic rings. The van der Waals surface area contributed by atoms with Gasteiger partial charge in [0.25, 0.3) is 0 Å². The highest BCUT2D eigenvalue weighted by molar-refractivity contribution is 6.74. The van der Waals surface area contributed by atoms with Gasteiger partial charge in [-0.05, 0) is 30.6 Å². The minimum absolute atomic E-state index is 0.0922. The van der Waals surface area contributed by atoms with Gasteiger partial charge in [-0.3, -0.25) is 0 Å². The summed E-state index contributed by atoms with van der Waals surface area (Å²) >= 11 is 0. The number of methoxy groups -OCH3 is 1. The van der Waals surface area contributed by atoms with Crippen LogP contribution in [0.25, 0.3) is 0 Å². The van der Waals surface area contributed by atoms with Crippen molar-refractivity contribution in [2.75, 3.05) is 33.5 Å². The van der Waals surface area contributed by atoms with Crippen LogP contribution in [0.4, 0.5) is 0 Å². The van der Waals surface area contributed by atoms with Crippen molar-refractivity contribution in [3.05, 3.63) is 34.8 Å². The monoisotopic (exact) mass is 446 g/mol. The summed E-state index contributed by atoms with van der Waals surface area (Å²) in [7, 11) is -0.360. The van der Waals surface area contributed by atoms with E-state index in [1.807, 2.05) is 13.0 Å². The van der Waals surface area contributed by atoms with Gasteiger partial charge in [0.15, 0.2) is 19.8 Å². The van der Waals surface area contributed by atoms with E-state index >= 15 is 0 Å². The average molecular weight is 447 g/mol. The molecule has 2 heterocycles. The van der Waals surface area contributed by atoms with Gasteiger partial charge in [-0.1, -0.05) is 32.8 Å². The minimum Gasteiger partial charge on any atom is -0.493 e. The largest absolute Gasteiger partial charge is 0.493 e. The van der Waals surface area contributed by atoms with E-state index in [0.717, 1.165) is 11.1 Å². The summed E-state index contributed by atoms with van der Waals surface area (Å²) in [5, 5.41) is 0.0922. The quantitative estimate of drug-likeness (QED) is 0.350. The molecule has 0 amide bonds. The Morgan fingerprint density at radius 3 is 2.58 bits per heavy atom. The predicted octanol–water partition coefficient (Wildman–Crippen LogP) is 3.96. The van der Waals surface area contributed by atoms with Crippen molar-refractivity contribution < 1.29 is 28.2 Å². The molecule has 0 bridgehead atoms. The maximum atomic E-state index is 11.8. The number of terminal acetylenes is 1. The molecule has 0 aromatic rings. The second kappa shape index (κ2) is 8.49. The van der Waals surface area contributed by atoms with Crippen LogP contribution in [0, 0.1) is 23.7 Å². The second-order valence-corrected chi connectivity index (χ2v) is 14.7. The number of esters is 1. The third-order valence-corrected chi connectivity index (χ3v) is 11.7. The summed E-state index contributed by atoms with van der Waals surface area (Å²) in [4.78, 5) is 11.8. The zero-order valence-electron chi connectivity index (χ0n) is 19.7. The molecule has 3 atom stereocenters. The lowest BCUT2D eigenvalue weighted by Gasteiger charge is -2.45. The number of carbonyl (C=O) groups is 1. The Labute approximate surface area is 186 Å². The number of ether oxygens (including phenoxy) is 4. The molecule has 1 saturated heterocycles. The number of rotatable bonds is 6. The minimum atomic E-state index is -1.97. The van der Waals surface area contributed by atoms with Crippen LogP contribution in [-0.2, 0) is 28.2 Å². The smallest absolute Gasteiger partial charge is 0.330 e. The first-order valence-corrected chi connectivity index (χ1v) is 13.6. The Hall–Kier alpha value is -2.01. The zero-order chi connectivity index (χ0) is 23.0. The van der Waals surface area contributed by atoms with Crippen LogP contribution in [0.5, 0.6) is 0 Å². The molecule has 170 valence electrons. The Morgan fingerprint density at radius 2 is 2.03 bits per heavy atom. The molecule has 1 fully saturated rings. The molecule has 0 aromatic carbocycles. The van der Waals surface area contributed by atoms with Crippen molar-refractivity contribution in [2.45, 2.75) is 51.9 Å². The Balaban J connectivity index is 2.04. The SMILES string of the molecule is C#CCOC1=C2CO[C@@H](CO[Si](C)(C)C(C)(C)C)[C@@H]2[C@@]2(C=CC(=O)OC2)C(C)=C1OC. The van der Waals surface area contributed by atoms with E-state index in [-0.39, 0.29) is 36.2 Å². The number of fused-ring (bicyclic) bond motifs is 2. The van der Waals surface area contributed by atoms with E-state index in [9.17, 15) is 4.79 Å². The molecule has 0 saturated carbocycles. The van der Waals surface area contributed by atoms with Crippen LogP contribution in [0.3, 0.4) is 0 Å². The third-order valence-electron chi connectivity index (χ3n) is 7.18. The van der Waals surface area contributed by atoms with Crippen molar-refractivity contribution in [2.24, 2.45) is 11.3 Å². The molecule has 6 nitrogen and oxygen atoms in total. The van der Waals surface area contributed by atoms with Crippen molar-refractivity contribution in [1.82, 2.24) is 0 Å². The van der Waals surface area contributed by atoms with Gasteiger partial charge >= 0.3 is 5.97 Å². The predicted molar refractivity (Wildman–Crippen MR) is 120 cm³/mol. The lowest BCUT2D eigenvalue weighted by molar-refractivity contribution is -0.143. The molecule has 3 rings (SSSR count). The normalized spacial score (nSPS) is 28.5. The molecule has 1 aliphatic carbocycles. The Kier molecular flexibility index (Phi) is 6.48. The molecule has 1 spiro atoms. The second-order valence-electron chi connectivity index (χ2n) is 9.89. The maximum Gasteiger partial charge on any atom is 0.330 e.